The van der Waals surface area contributed by atoms with Gasteiger partial charge in [0.25, 0.3) is 0 Å². The molecule has 0 aliphatic heterocycles. The molecule has 1 aliphatic rings. The molecule has 2 heterocycles. The quantitative estimate of drug-likeness (QED) is 0.777. The van der Waals surface area contributed by atoms with Crippen molar-refractivity contribution in [2.24, 2.45) is 0 Å². The number of hydrogen-bond acceptors (Lipinski definition) is 4. The van der Waals surface area contributed by atoms with Crippen LogP contribution < -0.4 is 5.32 Å². The Hall–Kier alpha value is -2.40. The summed E-state index contributed by atoms with van der Waals surface area (Å²) in [5, 5.41) is 9.18. The lowest BCUT2D eigenvalue weighted by molar-refractivity contribution is -0.123. The maximum absolute atomic E-state index is 12.6. The molecule has 0 bridgehead atoms. The van der Waals surface area contributed by atoms with E-state index in [2.05, 4.69) is 10.5 Å². The fraction of sp³-hybridized carbons (Fsp3) is 0.222. The average Bonchev–Trinajstić information content (AvgIpc) is 3.02. The van der Waals surface area contributed by atoms with Crippen LogP contribution in [0.4, 0.5) is 0 Å². The lowest BCUT2D eigenvalue weighted by Crippen LogP contribution is -2.34. The number of rotatable bonds is 5. The summed E-state index contributed by atoms with van der Waals surface area (Å²) in [5.74, 6) is 0.768. The number of carbonyl (C=O) groups excluding carboxylic acids is 1. The third-order valence-corrected chi connectivity index (χ3v) is 5.13. The van der Waals surface area contributed by atoms with Gasteiger partial charge >= 0.3 is 0 Å². The molecule has 3 aromatic rings. The van der Waals surface area contributed by atoms with Gasteiger partial charge in [0.05, 0.1) is 16.0 Å². The van der Waals surface area contributed by atoms with Crippen molar-refractivity contribution in [2.75, 3.05) is 0 Å². The zero-order valence-electron chi connectivity index (χ0n) is 12.5. The van der Waals surface area contributed by atoms with Gasteiger partial charge in [-0.15, -0.1) is 11.3 Å². The highest BCUT2D eigenvalue weighted by atomic mass is 32.1. The Morgan fingerprint density at radius 2 is 2.04 bits per heavy atom. The summed E-state index contributed by atoms with van der Waals surface area (Å²) in [4.78, 5) is 13.6. The molecule has 1 amide bonds. The van der Waals surface area contributed by atoms with E-state index in [1.165, 1.54) is 0 Å². The average molecular weight is 324 g/mol. The predicted octanol–water partition coefficient (Wildman–Crippen LogP) is 3.75. The first kappa shape index (κ1) is 14.2. The minimum atomic E-state index is -0.506. The van der Waals surface area contributed by atoms with Gasteiger partial charge in [-0.25, -0.2) is 0 Å². The first-order chi connectivity index (χ1) is 11.3. The van der Waals surface area contributed by atoms with Gasteiger partial charge in [-0.1, -0.05) is 41.6 Å². The summed E-state index contributed by atoms with van der Waals surface area (Å²) < 4.78 is 5.43. The Labute approximate surface area is 138 Å². The van der Waals surface area contributed by atoms with Crippen molar-refractivity contribution < 1.29 is 9.32 Å². The molecule has 1 aromatic carbocycles. The second-order valence-corrected chi connectivity index (χ2v) is 6.75. The van der Waals surface area contributed by atoms with E-state index in [4.69, 9.17) is 4.52 Å². The van der Waals surface area contributed by atoms with Crippen molar-refractivity contribution in [2.45, 2.75) is 24.8 Å². The summed E-state index contributed by atoms with van der Waals surface area (Å²) >= 11 is 1.60. The topological polar surface area (TPSA) is 55.1 Å². The minimum Gasteiger partial charge on any atom is -0.355 e. The molecular weight excluding hydrogens is 308 g/mol. The Morgan fingerprint density at radius 3 is 2.74 bits per heavy atom. The maximum atomic E-state index is 12.6. The molecule has 2 aromatic heterocycles. The highest BCUT2D eigenvalue weighted by Gasteiger charge is 2.53. The number of amides is 1. The van der Waals surface area contributed by atoms with Crippen LogP contribution in [0.2, 0.25) is 0 Å². The Morgan fingerprint density at radius 1 is 1.22 bits per heavy atom. The number of benzene rings is 1. The highest BCUT2D eigenvalue weighted by molar-refractivity contribution is 7.13. The van der Waals surface area contributed by atoms with E-state index in [0.29, 0.717) is 6.54 Å². The summed E-state index contributed by atoms with van der Waals surface area (Å²) in [7, 11) is 0. The molecule has 0 unspecified atom stereocenters. The molecule has 0 atom stereocenters. The molecule has 1 aliphatic carbocycles. The van der Waals surface area contributed by atoms with Crippen LogP contribution in [0.25, 0.3) is 10.6 Å². The third kappa shape index (κ3) is 2.68. The van der Waals surface area contributed by atoms with Crippen molar-refractivity contribution in [3.05, 3.63) is 65.2 Å². The second-order valence-electron chi connectivity index (χ2n) is 5.80. The van der Waals surface area contributed by atoms with E-state index in [0.717, 1.165) is 34.7 Å². The van der Waals surface area contributed by atoms with Crippen LogP contribution in [0.15, 0.2) is 58.4 Å². The third-order valence-electron chi connectivity index (χ3n) is 4.25. The summed E-state index contributed by atoms with van der Waals surface area (Å²) in [6.45, 7) is 0.539. The normalized spacial score (nSPS) is 15.3. The SMILES string of the molecule is O=C(NCc1ccccc1)C1(c2cc(-c3cccs3)on2)CC1. The molecule has 0 spiro atoms. The number of thiophene rings is 1. The zero-order chi connectivity index (χ0) is 15.7. The van der Waals surface area contributed by atoms with E-state index in [1.807, 2.05) is 53.9 Å². The van der Waals surface area contributed by atoms with Crippen LogP contribution in [0.5, 0.6) is 0 Å². The highest BCUT2D eigenvalue weighted by Crippen LogP contribution is 2.48. The van der Waals surface area contributed by atoms with Gasteiger partial charge in [-0.2, -0.15) is 0 Å². The van der Waals surface area contributed by atoms with Gasteiger partial charge < -0.3 is 9.84 Å². The van der Waals surface area contributed by atoms with Crippen molar-refractivity contribution in [3.8, 4) is 10.6 Å². The predicted molar refractivity (Wildman–Crippen MR) is 89.0 cm³/mol. The first-order valence-electron chi connectivity index (χ1n) is 7.61. The van der Waals surface area contributed by atoms with Gasteiger partial charge in [0.2, 0.25) is 5.91 Å². The van der Waals surface area contributed by atoms with Crippen LogP contribution in [-0.2, 0) is 16.8 Å². The van der Waals surface area contributed by atoms with E-state index in [1.54, 1.807) is 11.3 Å². The summed E-state index contributed by atoms with van der Waals surface area (Å²) in [5.41, 5.74) is 1.33. The molecule has 1 fully saturated rings. The van der Waals surface area contributed by atoms with Crippen molar-refractivity contribution in [1.82, 2.24) is 10.5 Å². The molecular formula is C18H16N2O2S. The van der Waals surface area contributed by atoms with Crippen LogP contribution >= 0.6 is 11.3 Å². The van der Waals surface area contributed by atoms with E-state index in [-0.39, 0.29) is 5.91 Å². The maximum Gasteiger partial charge on any atom is 0.232 e. The van der Waals surface area contributed by atoms with Crippen LogP contribution in [0, 0.1) is 0 Å². The van der Waals surface area contributed by atoms with Crippen LogP contribution in [0.3, 0.4) is 0 Å². The van der Waals surface area contributed by atoms with Crippen molar-refractivity contribution in [1.29, 1.82) is 0 Å². The van der Waals surface area contributed by atoms with Crippen molar-refractivity contribution >= 4 is 17.2 Å². The summed E-state index contributed by atoms with van der Waals surface area (Å²) in [6, 6.07) is 15.8. The number of hydrogen-bond donors (Lipinski definition) is 1. The van der Waals surface area contributed by atoms with E-state index < -0.39 is 5.41 Å². The lowest BCUT2D eigenvalue weighted by atomic mass is 10.0. The fourth-order valence-corrected chi connectivity index (χ4v) is 3.38. The fourth-order valence-electron chi connectivity index (χ4n) is 2.71. The molecule has 116 valence electrons. The smallest absolute Gasteiger partial charge is 0.232 e. The van der Waals surface area contributed by atoms with Gasteiger partial charge in [-0.05, 0) is 29.9 Å². The lowest BCUT2D eigenvalue weighted by Gasteiger charge is -2.12. The summed E-state index contributed by atoms with van der Waals surface area (Å²) in [6.07, 6.45) is 1.65. The zero-order valence-corrected chi connectivity index (χ0v) is 13.3. The molecule has 0 saturated heterocycles. The molecule has 4 rings (SSSR count). The van der Waals surface area contributed by atoms with Gasteiger partial charge in [0.15, 0.2) is 5.76 Å². The molecule has 5 heteroatoms. The van der Waals surface area contributed by atoms with Gasteiger partial charge in [-0.3, -0.25) is 4.79 Å². The van der Waals surface area contributed by atoms with Crippen molar-refractivity contribution in [3.63, 3.8) is 0 Å². The monoisotopic (exact) mass is 324 g/mol. The standard InChI is InChI=1S/C18H16N2O2S/c21-17(19-12-13-5-2-1-3-6-13)18(8-9-18)16-11-14(22-20-16)15-7-4-10-23-15/h1-7,10-11H,8-9,12H2,(H,19,21). The van der Waals surface area contributed by atoms with Crippen LogP contribution in [-0.4, -0.2) is 11.1 Å². The Balaban J connectivity index is 1.48. The van der Waals surface area contributed by atoms with Gasteiger partial charge in [0, 0.05) is 12.6 Å². The van der Waals surface area contributed by atoms with E-state index >= 15 is 0 Å². The number of carbonyl (C=O) groups is 1. The van der Waals surface area contributed by atoms with Gasteiger partial charge in [0.1, 0.15) is 0 Å². The molecule has 4 nitrogen and oxygen atoms in total. The molecule has 23 heavy (non-hydrogen) atoms. The number of nitrogens with one attached hydrogen (secondary N) is 1. The first-order valence-corrected chi connectivity index (χ1v) is 8.49. The second kappa shape index (κ2) is 5.66. The molecule has 1 N–H and O–H groups in total. The molecule has 0 radical (unpaired) electrons. The van der Waals surface area contributed by atoms with Crippen LogP contribution in [0.1, 0.15) is 24.1 Å². The number of nitrogens with zero attached hydrogens (tertiary/aromatic N) is 1. The Kier molecular flexibility index (Phi) is 3.50. The minimum absolute atomic E-state index is 0.0346. The van der Waals surface area contributed by atoms with E-state index in [9.17, 15) is 4.79 Å². The number of aromatic nitrogens is 1. The molecule has 1 saturated carbocycles. The Bertz CT molecular complexity index is 805. The largest absolute Gasteiger partial charge is 0.355 e.